The lowest BCUT2D eigenvalue weighted by atomic mass is 9.73. The highest BCUT2D eigenvalue weighted by Gasteiger charge is 2.48. The fourth-order valence-corrected chi connectivity index (χ4v) is 1.54. The van der Waals surface area contributed by atoms with Gasteiger partial charge in [-0.25, -0.2) is 0 Å². The largest absolute Gasteiger partial charge is 0.480 e. The van der Waals surface area contributed by atoms with Gasteiger partial charge >= 0.3 is 35.0 Å². The van der Waals surface area contributed by atoms with Crippen molar-refractivity contribution in [1.82, 2.24) is 0 Å². The lowest BCUT2D eigenvalue weighted by Crippen LogP contribution is -2.43. The van der Waals surface area contributed by atoms with Crippen LogP contribution in [0.5, 0.6) is 0 Å². The van der Waals surface area contributed by atoms with Gasteiger partial charge in [-0.15, -0.1) is 0 Å². The van der Waals surface area contributed by atoms with Crippen LogP contribution in [0.3, 0.4) is 0 Å². The van der Waals surface area contributed by atoms with Gasteiger partial charge in [0.2, 0.25) is 0 Å². The minimum Gasteiger partial charge on any atom is -0.480 e. The standard InChI is InChI=1S/C10H18O4.Mg.2H/c1-4-5-6-10(7(2)3,8(11)12)9(13)14;;;/h7H,4-6H2,1-3H3,(H,11,12)(H,13,14);;;. The van der Waals surface area contributed by atoms with Gasteiger partial charge in [-0.05, 0) is 12.3 Å². The molecule has 0 saturated heterocycles. The van der Waals surface area contributed by atoms with E-state index in [-0.39, 0.29) is 29.5 Å². The molecule has 4 nitrogen and oxygen atoms in total. The minimum absolute atomic E-state index is 0. The molecule has 0 aliphatic rings. The summed E-state index contributed by atoms with van der Waals surface area (Å²) in [7, 11) is 0. The monoisotopic (exact) mass is 228 g/mol. The molecule has 0 saturated carbocycles. The SMILES string of the molecule is CCCCC(C(=O)O)(C(=O)O)C(C)C.[MgH2]. The number of carboxylic acids is 2. The molecule has 0 heterocycles. The zero-order valence-electron chi connectivity index (χ0n) is 8.91. The minimum atomic E-state index is -1.62. The Morgan fingerprint density at radius 2 is 1.60 bits per heavy atom. The summed E-state index contributed by atoms with van der Waals surface area (Å²) in [6, 6.07) is 0. The Morgan fingerprint density at radius 3 is 1.80 bits per heavy atom. The second-order valence-electron chi connectivity index (χ2n) is 3.84. The summed E-state index contributed by atoms with van der Waals surface area (Å²) in [5.74, 6) is -2.86. The van der Waals surface area contributed by atoms with Crippen molar-refractivity contribution in [1.29, 1.82) is 0 Å². The van der Waals surface area contributed by atoms with Gasteiger partial charge in [0.25, 0.3) is 0 Å². The smallest absolute Gasteiger partial charge is 0.321 e. The van der Waals surface area contributed by atoms with Crippen molar-refractivity contribution in [2.45, 2.75) is 40.0 Å². The van der Waals surface area contributed by atoms with E-state index in [9.17, 15) is 9.59 Å². The maximum atomic E-state index is 11.0. The van der Waals surface area contributed by atoms with Gasteiger partial charge in [0, 0.05) is 0 Å². The lowest BCUT2D eigenvalue weighted by Gasteiger charge is -2.28. The summed E-state index contributed by atoms with van der Waals surface area (Å²) >= 11 is 0. The van der Waals surface area contributed by atoms with Gasteiger partial charge in [0.05, 0.1) is 0 Å². The summed E-state index contributed by atoms with van der Waals surface area (Å²) < 4.78 is 0. The third-order valence-electron chi connectivity index (χ3n) is 2.67. The molecule has 15 heavy (non-hydrogen) atoms. The average molecular weight is 229 g/mol. The molecule has 0 rings (SSSR count). The fourth-order valence-electron chi connectivity index (χ4n) is 1.54. The van der Waals surface area contributed by atoms with Gasteiger partial charge in [0.1, 0.15) is 0 Å². The van der Waals surface area contributed by atoms with Crippen molar-refractivity contribution >= 4 is 35.0 Å². The van der Waals surface area contributed by atoms with Crippen molar-refractivity contribution in [3.8, 4) is 0 Å². The van der Waals surface area contributed by atoms with Crippen LogP contribution in [0.2, 0.25) is 0 Å². The predicted octanol–water partition coefficient (Wildman–Crippen LogP) is 1.07. The highest BCUT2D eigenvalue weighted by molar-refractivity contribution is 5.98. The molecule has 0 aliphatic heterocycles. The van der Waals surface area contributed by atoms with E-state index >= 15 is 0 Å². The molecule has 86 valence electrons. The maximum Gasteiger partial charge on any atom is 0.321 e. The van der Waals surface area contributed by atoms with Crippen LogP contribution < -0.4 is 0 Å². The Labute approximate surface area is 106 Å². The normalized spacial score (nSPS) is 10.9. The fraction of sp³-hybridized carbons (Fsp3) is 0.800. The van der Waals surface area contributed by atoms with E-state index in [1.807, 2.05) is 6.92 Å². The number of carboxylic acid groups (broad SMARTS) is 2. The van der Waals surface area contributed by atoms with Crippen LogP contribution in [-0.2, 0) is 9.59 Å². The Bertz CT molecular complexity index is 211. The highest BCUT2D eigenvalue weighted by atomic mass is 24.3. The predicted molar refractivity (Wildman–Crippen MR) is 60.6 cm³/mol. The van der Waals surface area contributed by atoms with Crippen LogP contribution in [0.1, 0.15) is 40.0 Å². The van der Waals surface area contributed by atoms with Crippen LogP contribution in [0.25, 0.3) is 0 Å². The number of rotatable bonds is 6. The van der Waals surface area contributed by atoms with Crippen LogP contribution in [0.4, 0.5) is 0 Å². The van der Waals surface area contributed by atoms with E-state index in [4.69, 9.17) is 10.2 Å². The molecule has 0 radical (unpaired) electrons. The zero-order chi connectivity index (χ0) is 11.4. The molecule has 0 aliphatic carbocycles. The van der Waals surface area contributed by atoms with Crippen molar-refractivity contribution < 1.29 is 19.8 Å². The second kappa shape index (κ2) is 7.06. The van der Waals surface area contributed by atoms with E-state index in [0.717, 1.165) is 6.42 Å². The molecule has 0 spiro atoms. The highest BCUT2D eigenvalue weighted by Crippen LogP contribution is 2.34. The van der Waals surface area contributed by atoms with E-state index < -0.39 is 23.3 Å². The summed E-state index contributed by atoms with van der Waals surface area (Å²) in [5, 5.41) is 18.0. The molecule has 0 fully saturated rings. The summed E-state index contributed by atoms with van der Waals surface area (Å²) in [5.41, 5.74) is -1.62. The first-order valence-corrected chi connectivity index (χ1v) is 4.86. The van der Waals surface area contributed by atoms with E-state index in [1.54, 1.807) is 13.8 Å². The molecule has 0 amide bonds. The number of hydrogen-bond donors (Lipinski definition) is 2. The van der Waals surface area contributed by atoms with E-state index in [2.05, 4.69) is 0 Å². The Morgan fingerprint density at radius 1 is 1.20 bits per heavy atom. The molecule has 0 aromatic carbocycles. The molecular weight excluding hydrogens is 208 g/mol. The van der Waals surface area contributed by atoms with Crippen molar-refractivity contribution in [2.75, 3.05) is 0 Å². The topological polar surface area (TPSA) is 74.6 Å². The van der Waals surface area contributed by atoms with Crippen molar-refractivity contribution in [3.05, 3.63) is 0 Å². The molecule has 0 bridgehead atoms. The Balaban J connectivity index is 0. The summed E-state index contributed by atoms with van der Waals surface area (Å²) in [6.07, 6.45) is 1.62. The zero-order valence-corrected chi connectivity index (χ0v) is 8.91. The summed E-state index contributed by atoms with van der Waals surface area (Å²) in [4.78, 5) is 22.1. The molecule has 0 unspecified atom stereocenters. The maximum absolute atomic E-state index is 11.0. The molecule has 0 aromatic rings. The van der Waals surface area contributed by atoms with Gasteiger partial charge in [-0.3, -0.25) is 9.59 Å². The first-order chi connectivity index (χ1) is 6.39. The molecule has 2 N–H and O–H groups in total. The van der Waals surface area contributed by atoms with Gasteiger partial charge in [-0.2, -0.15) is 0 Å². The number of carbonyl (C=O) groups is 2. The Kier molecular flexibility index (Phi) is 8.05. The Hall–Kier alpha value is -0.294. The molecule has 5 heteroatoms. The third-order valence-corrected chi connectivity index (χ3v) is 2.67. The summed E-state index contributed by atoms with van der Waals surface area (Å²) in [6.45, 7) is 5.19. The van der Waals surface area contributed by atoms with E-state index in [0.29, 0.717) is 6.42 Å². The van der Waals surface area contributed by atoms with Gasteiger partial charge in [0.15, 0.2) is 5.41 Å². The van der Waals surface area contributed by atoms with Crippen molar-refractivity contribution in [2.24, 2.45) is 11.3 Å². The first kappa shape index (κ1) is 17.1. The van der Waals surface area contributed by atoms with Gasteiger partial charge < -0.3 is 10.2 Å². The van der Waals surface area contributed by atoms with Crippen LogP contribution in [0.15, 0.2) is 0 Å². The molecular formula is C10H20MgO4. The number of aliphatic carboxylic acids is 2. The molecule has 0 aromatic heterocycles. The van der Waals surface area contributed by atoms with Gasteiger partial charge in [-0.1, -0.05) is 33.6 Å². The van der Waals surface area contributed by atoms with Crippen molar-refractivity contribution in [3.63, 3.8) is 0 Å². The van der Waals surface area contributed by atoms with Crippen LogP contribution in [-0.4, -0.2) is 45.2 Å². The number of hydrogen-bond acceptors (Lipinski definition) is 2. The first-order valence-electron chi connectivity index (χ1n) is 4.86. The lowest BCUT2D eigenvalue weighted by molar-refractivity contribution is -0.169. The second-order valence-corrected chi connectivity index (χ2v) is 3.84. The molecule has 0 atom stereocenters. The average Bonchev–Trinajstić information content (AvgIpc) is 2.03. The van der Waals surface area contributed by atoms with Crippen LogP contribution in [0, 0.1) is 11.3 Å². The third kappa shape index (κ3) is 3.64. The van der Waals surface area contributed by atoms with E-state index in [1.165, 1.54) is 0 Å². The van der Waals surface area contributed by atoms with Crippen LogP contribution >= 0.6 is 0 Å². The number of unbranched alkanes of at least 4 members (excludes halogenated alkanes) is 1. The quantitative estimate of drug-likeness (QED) is 0.527.